The van der Waals surface area contributed by atoms with Gasteiger partial charge in [-0.1, -0.05) is 54.1 Å². The highest BCUT2D eigenvalue weighted by Crippen LogP contribution is 2.47. The molecular weight excluding hydrogens is 366 g/mol. The second-order valence-corrected chi connectivity index (χ2v) is 7.40. The first-order chi connectivity index (χ1) is 14.0. The second-order valence-electron chi connectivity index (χ2n) is 7.40. The van der Waals surface area contributed by atoms with E-state index in [0.717, 1.165) is 16.7 Å². The van der Waals surface area contributed by atoms with Crippen LogP contribution < -0.4 is 16.6 Å². The lowest BCUT2D eigenvalue weighted by molar-refractivity contribution is 0.103. The van der Waals surface area contributed by atoms with Crippen molar-refractivity contribution in [1.82, 2.24) is 9.55 Å². The summed E-state index contributed by atoms with van der Waals surface area (Å²) >= 11 is 0. The van der Waals surface area contributed by atoms with E-state index < -0.39 is 17.2 Å². The number of aromatic nitrogens is 2. The highest BCUT2D eigenvalue weighted by molar-refractivity contribution is 6.23. The number of allylic oxidation sites excluding steroid dienone is 1. The van der Waals surface area contributed by atoms with E-state index in [-0.39, 0.29) is 5.78 Å². The Bertz CT molecular complexity index is 1330. The number of Topliss-reactive ketones (excluding diaryl/α,β-unsaturated/α-hetero) is 1. The summed E-state index contributed by atoms with van der Waals surface area (Å²) in [5.74, 6) is -0.188. The first-order valence-corrected chi connectivity index (χ1v) is 9.60. The van der Waals surface area contributed by atoms with Crippen LogP contribution in [0.25, 0.3) is 5.70 Å². The molecule has 0 bridgehead atoms. The minimum Gasteiger partial charge on any atom is -0.340 e. The Morgan fingerprint density at radius 3 is 2.34 bits per heavy atom. The van der Waals surface area contributed by atoms with E-state index in [2.05, 4.69) is 10.3 Å². The predicted molar refractivity (Wildman–Crippen MR) is 111 cm³/mol. The largest absolute Gasteiger partial charge is 0.340 e. The number of nitrogens with zero attached hydrogens (tertiary/aromatic N) is 1. The molecule has 2 N–H and O–H groups in total. The Morgan fingerprint density at radius 1 is 0.966 bits per heavy atom. The van der Waals surface area contributed by atoms with Gasteiger partial charge in [0, 0.05) is 29.2 Å². The molecule has 1 unspecified atom stereocenters. The molecule has 0 saturated carbocycles. The molecule has 2 heterocycles. The zero-order chi connectivity index (χ0) is 20.3. The maximum Gasteiger partial charge on any atom is 0.329 e. The van der Waals surface area contributed by atoms with Gasteiger partial charge in [0.1, 0.15) is 5.82 Å². The number of rotatable bonds is 2. The molecule has 1 atom stereocenters. The molecule has 0 fully saturated rings. The molecule has 1 aliphatic carbocycles. The third-order valence-electron chi connectivity index (χ3n) is 5.74. The van der Waals surface area contributed by atoms with Gasteiger partial charge in [-0.3, -0.25) is 19.1 Å². The van der Waals surface area contributed by atoms with Crippen molar-refractivity contribution in [3.05, 3.63) is 103 Å². The molecule has 1 aromatic heterocycles. The first-order valence-electron chi connectivity index (χ1n) is 9.60. The summed E-state index contributed by atoms with van der Waals surface area (Å²) in [6.45, 7) is 4.23. The second kappa shape index (κ2) is 6.17. The third kappa shape index (κ3) is 2.38. The summed E-state index contributed by atoms with van der Waals surface area (Å²) in [7, 11) is 0. The van der Waals surface area contributed by atoms with Gasteiger partial charge in [-0.15, -0.1) is 0 Å². The predicted octanol–water partition coefficient (Wildman–Crippen LogP) is 3.03. The van der Waals surface area contributed by atoms with E-state index in [1.54, 1.807) is 6.07 Å². The molecule has 5 rings (SSSR count). The van der Waals surface area contributed by atoms with Crippen LogP contribution in [0.1, 0.15) is 45.5 Å². The summed E-state index contributed by atoms with van der Waals surface area (Å²) < 4.78 is 1.51. The number of H-pyrrole nitrogens is 1. The van der Waals surface area contributed by atoms with E-state index in [1.165, 1.54) is 4.57 Å². The van der Waals surface area contributed by atoms with Gasteiger partial charge in [0.15, 0.2) is 5.78 Å². The van der Waals surface area contributed by atoms with Crippen molar-refractivity contribution in [3.8, 4) is 0 Å². The van der Waals surface area contributed by atoms with Gasteiger partial charge in [0.2, 0.25) is 0 Å². The Balaban J connectivity index is 1.87. The number of aromatic amines is 1. The normalized spacial score (nSPS) is 16.9. The zero-order valence-electron chi connectivity index (χ0n) is 16.1. The molecule has 0 amide bonds. The van der Waals surface area contributed by atoms with Crippen LogP contribution in [0.4, 0.5) is 5.82 Å². The average molecular weight is 385 g/mol. The number of nitrogens with one attached hydrogen (secondary N) is 2. The van der Waals surface area contributed by atoms with E-state index >= 15 is 0 Å². The average Bonchev–Trinajstić information content (AvgIpc) is 3.00. The Kier molecular flexibility index (Phi) is 3.71. The molecule has 29 heavy (non-hydrogen) atoms. The highest BCUT2D eigenvalue weighted by atomic mass is 16.2. The highest BCUT2D eigenvalue weighted by Gasteiger charge is 2.42. The molecule has 2 aliphatic rings. The molecular formula is C23H19N3O3. The number of carbonyl (C=O) groups is 1. The van der Waals surface area contributed by atoms with Gasteiger partial charge in [0.25, 0.3) is 5.56 Å². The Morgan fingerprint density at radius 2 is 1.66 bits per heavy atom. The van der Waals surface area contributed by atoms with Crippen molar-refractivity contribution >= 4 is 17.3 Å². The van der Waals surface area contributed by atoms with Crippen LogP contribution in [0.3, 0.4) is 0 Å². The number of hydrogen-bond donors (Lipinski definition) is 2. The van der Waals surface area contributed by atoms with E-state index in [4.69, 9.17) is 0 Å². The minimum atomic E-state index is -0.552. The van der Waals surface area contributed by atoms with E-state index in [9.17, 15) is 14.4 Å². The maximum absolute atomic E-state index is 13.3. The van der Waals surface area contributed by atoms with Gasteiger partial charge in [-0.2, -0.15) is 0 Å². The molecule has 6 nitrogen and oxygen atoms in total. The van der Waals surface area contributed by atoms with Gasteiger partial charge < -0.3 is 5.32 Å². The molecule has 0 saturated heterocycles. The Hall–Kier alpha value is -3.67. The lowest BCUT2D eigenvalue weighted by atomic mass is 9.81. The fraction of sp³-hybridized carbons (Fsp3) is 0.174. The minimum absolute atomic E-state index is 0.0898. The monoisotopic (exact) mass is 385 g/mol. The third-order valence-corrected chi connectivity index (χ3v) is 5.74. The maximum atomic E-state index is 13.3. The van der Waals surface area contributed by atoms with Crippen LogP contribution in [0.2, 0.25) is 0 Å². The fourth-order valence-corrected chi connectivity index (χ4v) is 4.36. The van der Waals surface area contributed by atoms with Gasteiger partial charge >= 0.3 is 5.69 Å². The van der Waals surface area contributed by atoms with Crippen molar-refractivity contribution in [2.24, 2.45) is 0 Å². The summed E-state index contributed by atoms with van der Waals surface area (Å²) in [5, 5.41) is 3.26. The number of aryl methyl sites for hydroxylation is 1. The number of anilines is 1. The quantitative estimate of drug-likeness (QED) is 0.710. The van der Waals surface area contributed by atoms with Crippen molar-refractivity contribution in [1.29, 1.82) is 0 Å². The molecule has 0 spiro atoms. The first kappa shape index (κ1) is 17.4. The van der Waals surface area contributed by atoms with Crippen LogP contribution in [-0.2, 0) is 6.54 Å². The lowest BCUT2D eigenvalue weighted by Gasteiger charge is -2.29. The van der Waals surface area contributed by atoms with Crippen molar-refractivity contribution < 1.29 is 4.79 Å². The number of hydrogen-bond acceptors (Lipinski definition) is 4. The SMILES string of the molecule is CCn1c2c(c(=O)[nH]c1=O)C(c1ccc(C)cc1)C1=C(N2)c2ccccc2C1=O. The molecule has 3 aromatic rings. The van der Waals surface area contributed by atoms with Crippen molar-refractivity contribution in [2.75, 3.05) is 5.32 Å². The van der Waals surface area contributed by atoms with Gasteiger partial charge in [0.05, 0.1) is 11.3 Å². The number of ketones is 1. The molecule has 6 heteroatoms. The zero-order valence-corrected chi connectivity index (χ0v) is 16.1. The standard InChI is InChI=1S/C23H19N3O3/c1-3-26-21-18(22(28)25-23(26)29)16(13-10-8-12(2)9-11-13)17-19(24-21)14-6-4-5-7-15(14)20(17)27/h4-11,16,24H,3H2,1-2H3,(H,25,28,29). The van der Waals surface area contributed by atoms with Crippen LogP contribution in [0, 0.1) is 6.92 Å². The number of carbonyl (C=O) groups excluding carboxylic acids is 1. The summed E-state index contributed by atoms with van der Waals surface area (Å²) in [6, 6.07) is 15.2. The van der Waals surface area contributed by atoms with Crippen LogP contribution in [0.15, 0.2) is 63.7 Å². The molecule has 2 aromatic carbocycles. The van der Waals surface area contributed by atoms with Crippen molar-refractivity contribution in [2.45, 2.75) is 26.3 Å². The summed E-state index contributed by atoms with van der Waals surface area (Å²) in [5.41, 5.74) is 4.03. The van der Waals surface area contributed by atoms with Crippen LogP contribution >= 0.6 is 0 Å². The lowest BCUT2D eigenvalue weighted by Crippen LogP contribution is -2.38. The molecule has 144 valence electrons. The molecule has 0 radical (unpaired) electrons. The van der Waals surface area contributed by atoms with Gasteiger partial charge in [-0.25, -0.2) is 4.79 Å². The van der Waals surface area contributed by atoms with Gasteiger partial charge in [-0.05, 0) is 19.4 Å². The number of fused-ring (bicyclic) bond motifs is 3. The number of benzene rings is 2. The summed E-state index contributed by atoms with van der Waals surface area (Å²) in [4.78, 5) is 41.1. The smallest absolute Gasteiger partial charge is 0.329 e. The van der Waals surface area contributed by atoms with E-state index in [0.29, 0.717) is 34.8 Å². The molecule has 1 aliphatic heterocycles. The Labute approximate surface area is 166 Å². The van der Waals surface area contributed by atoms with Crippen LogP contribution in [-0.4, -0.2) is 15.3 Å². The fourth-order valence-electron chi connectivity index (χ4n) is 4.36. The summed E-state index contributed by atoms with van der Waals surface area (Å²) in [6.07, 6.45) is 0. The van der Waals surface area contributed by atoms with Crippen molar-refractivity contribution in [3.63, 3.8) is 0 Å². The van der Waals surface area contributed by atoms with E-state index in [1.807, 2.05) is 56.3 Å². The topological polar surface area (TPSA) is 84.0 Å². The van der Waals surface area contributed by atoms with Crippen LogP contribution in [0.5, 0.6) is 0 Å².